The largest absolute Gasteiger partial charge is 0.497 e. The second-order valence-electron chi connectivity index (χ2n) is 8.93. The van der Waals surface area contributed by atoms with E-state index in [0.717, 1.165) is 36.3 Å². The van der Waals surface area contributed by atoms with E-state index in [1.165, 1.54) is 24.8 Å². The average Bonchev–Trinajstić information content (AvgIpc) is 2.88. The molecule has 5 nitrogen and oxygen atoms in total. The highest BCUT2D eigenvalue weighted by atomic mass is 32.2. The van der Waals surface area contributed by atoms with Gasteiger partial charge in [0.2, 0.25) is 11.8 Å². The Morgan fingerprint density at radius 2 is 1.74 bits per heavy atom. The summed E-state index contributed by atoms with van der Waals surface area (Å²) >= 11 is 1.59. The average molecular weight is 483 g/mol. The topological polar surface area (TPSA) is 58.6 Å². The molecule has 0 radical (unpaired) electrons. The molecule has 0 heterocycles. The Labute approximate surface area is 208 Å². The quantitative estimate of drug-likeness (QED) is 0.450. The molecule has 6 heteroatoms. The van der Waals surface area contributed by atoms with Crippen molar-refractivity contribution in [1.29, 1.82) is 0 Å². The van der Waals surface area contributed by atoms with Crippen molar-refractivity contribution in [2.75, 3.05) is 19.4 Å². The van der Waals surface area contributed by atoms with Crippen LogP contribution in [0.1, 0.15) is 56.6 Å². The molecule has 0 unspecified atom stereocenters. The van der Waals surface area contributed by atoms with Gasteiger partial charge in [-0.1, -0.05) is 68.7 Å². The predicted octanol–water partition coefficient (Wildman–Crippen LogP) is 5.23. The van der Waals surface area contributed by atoms with Crippen LogP contribution in [-0.2, 0) is 21.8 Å². The van der Waals surface area contributed by atoms with Gasteiger partial charge in [0.15, 0.2) is 0 Å². The Hall–Kier alpha value is -2.47. The Kier molecular flexibility index (Phi) is 10.8. The first-order chi connectivity index (χ1) is 16.6. The Bertz CT molecular complexity index is 882. The van der Waals surface area contributed by atoms with Gasteiger partial charge in [-0.2, -0.15) is 0 Å². The summed E-state index contributed by atoms with van der Waals surface area (Å²) in [7, 11) is 1.65. The fourth-order valence-corrected chi connectivity index (χ4v) is 5.37. The molecule has 34 heavy (non-hydrogen) atoms. The van der Waals surface area contributed by atoms with E-state index in [4.69, 9.17) is 4.74 Å². The first kappa shape index (κ1) is 26.1. The molecule has 184 valence electrons. The minimum atomic E-state index is -0.431. The summed E-state index contributed by atoms with van der Waals surface area (Å²) in [6.07, 6.45) is 7.01. The summed E-state index contributed by atoms with van der Waals surface area (Å²) in [5, 5.41) is 3.24. The molecule has 1 atom stereocenters. The highest BCUT2D eigenvalue weighted by Crippen LogP contribution is 2.20. The fourth-order valence-electron chi connectivity index (χ4n) is 4.50. The van der Waals surface area contributed by atoms with E-state index in [0.29, 0.717) is 18.7 Å². The van der Waals surface area contributed by atoms with E-state index in [9.17, 15) is 9.59 Å². The zero-order chi connectivity index (χ0) is 24.2. The van der Waals surface area contributed by atoms with E-state index in [1.54, 1.807) is 18.9 Å². The number of rotatable bonds is 12. The molecule has 2 aromatic rings. The zero-order valence-corrected chi connectivity index (χ0v) is 21.3. The molecule has 0 spiro atoms. The van der Waals surface area contributed by atoms with Gasteiger partial charge in [-0.25, -0.2) is 0 Å². The van der Waals surface area contributed by atoms with Crippen molar-refractivity contribution in [2.24, 2.45) is 0 Å². The van der Waals surface area contributed by atoms with Crippen molar-refractivity contribution < 1.29 is 14.3 Å². The summed E-state index contributed by atoms with van der Waals surface area (Å²) in [5.74, 6) is 1.95. The molecule has 2 aromatic carbocycles. The third kappa shape index (κ3) is 8.08. The lowest BCUT2D eigenvalue weighted by Crippen LogP contribution is -2.52. The van der Waals surface area contributed by atoms with Gasteiger partial charge >= 0.3 is 0 Å². The summed E-state index contributed by atoms with van der Waals surface area (Å²) in [4.78, 5) is 28.4. The summed E-state index contributed by atoms with van der Waals surface area (Å²) in [6, 6.07) is 17.9. The van der Waals surface area contributed by atoms with Crippen LogP contribution in [0.3, 0.4) is 0 Å². The predicted molar refractivity (Wildman–Crippen MR) is 140 cm³/mol. The number of methoxy groups -OCH3 is 1. The van der Waals surface area contributed by atoms with E-state index in [2.05, 4.69) is 17.4 Å². The first-order valence-electron chi connectivity index (χ1n) is 12.4. The second-order valence-corrected chi connectivity index (χ2v) is 9.92. The maximum Gasteiger partial charge on any atom is 0.243 e. The van der Waals surface area contributed by atoms with Crippen LogP contribution in [-0.4, -0.2) is 48.2 Å². The van der Waals surface area contributed by atoms with E-state index in [-0.39, 0.29) is 17.9 Å². The Morgan fingerprint density at radius 1 is 1.03 bits per heavy atom. The van der Waals surface area contributed by atoms with Crippen LogP contribution < -0.4 is 10.1 Å². The molecule has 1 aliphatic rings. The smallest absolute Gasteiger partial charge is 0.243 e. The molecule has 1 saturated carbocycles. The van der Waals surface area contributed by atoms with Crippen LogP contribution in [0.25, 0.3) is 0 Å². The monoisotopic (exact) mass is 482 g/mol. The van der Waals surface area contributed by atoms with Crippen molar-refractivity contribution in [1.82, 2.24) is 10.2 Å². The lowest BCUT2D eigenvalue weighted by molar-refractivity contribution is -0.139. The van der Waals surface area contributed by atoms with Gasteiger partial charge in [0.1, 0.15) is 11.8 Å². The van der Waals surface area contributed by atoms with Crippen LogP contribution in [0.2, 0.25) is 0 Å². The Balaban J connectivity index is 1.63. The molecule has 0 bridgehead atoms. The number of hydrogen-bond acceptors (Lipinski definition) is 4. The van der Waals surface area contributed by atoms with Gasteiger partial charge in [0, 0.05) is 18.3 Å². The van der Waals surface area contributed by atoms with E-state index in [1.807, 2.05) is 54.3 Å². The number of nitrogens with zero attached hydrogens (tertiary/aromatic N) is 1. The fraction of sp³-hybridized carbons (Fsp3) is 0.500. The maximum absolute atomic E-state index is 13.4. The van der Waals surface area contributed by atoms with Crippen LogP contribution in [0.15, 0.2) is 54.6 Å². The van der Waals surface area contributed by atoms with Gasteiger partial charge in [0.05, 0.1) is 12.9 Å². The summed E-state index contributed by atoms with van der Waals surface area (Å²) < 4.78 is 5.22. The number of ether oxygens (including phenoxy) is 1. The molecule has 1 N–H and O–H groups in total. The standard InChI is InChI=1S/C28H38N2O3S/c1-3-26(28(32)29-24-12-8-5-9-13-24)30(19-18-22-10-6-4-7-11-22)27(31)21-34-20-23-14-16-25(33-2)17-15-23/h4,6-7,10-11,14-17,24,26H,3,5,8-9,12-13,18-21H2,1-2H3,(H,29,32)/t26-/m1/s1. The molecular weight excluding hydrogens is 444 g/mol. The third-order valence-electron chi connectivity index (χ3n) is 6.47. The van der Waals surface area contributed by atoms with E-state index >= 15 is 0 Å². The number of hydrogen-bond donors (Lipinski definition) is 1. The van der Waals surface area contributed by atoms with Crippen molar-refractivity contribution in [3.8, 4) is 5.75 Å². The minimum Gasteiger partial charge on any atom is -0.497 e. The summed E-state index contributed by atoms with van der Waals surface area (Å²) in [6.45, 7) is 2.54. The highest BCUT2D eigenvalue weighted by molar-refractivity contribution is 7.99. The van der Waals surface area contributed by atoms with Gasteiger partial charge in [-0.3, -0.25) is 9.59 Å². The molecule has 1 aliphatic carbocycles. The van der Waals surface area contributed by atoms with Gasteiger partial charge < -0.3 is 15.0 Å². The molecule has 0 aliphatic heterocycles. The molecular formula is C28H38N2O3S. The number of benzene rings is 2. The molecule has 0 saturated heterocycles. The second kappa shape index (κ2) is 14.1. The van der Waals surface area contributed by atoms with Crippen molar-refractivity contribution in [3.63, 3.8) is 0 Å². The SMILES string of the molecule is CC[C@H](C(=O)NC1CCCCC1)N(CCc1ccccc1)C(=O)CSCc1ccc(OC)cc1. The van der Waals surface area contributed by atoms with Crippen molar-refractivity contribution in [2.45, 2.75) is 69.7 Å². The lowest BCUT2D eigenvalue weighted by Gasteiger charge is -2.32. The third-order valence-corrected chi connectivity index (χ3v) is 7.46. The lowest BCUT2D eigenvalue weighted by atomic mass is 9.95. The van der Waals surface area contributed by atoms with Crippen molar-refractivity contribution >= 4 is 23.6 Å². The normalized spacial score (nSPS) is 14.9. The van der Waals surface area contributed by atoms with Crippen LogP contribution in [0, 0.1) is 0 Å². The number of nitrogens with one attached hydrogen (secondary N) is 1. The maximum atomic E-state index is 13.4. The zero-order valence-electron chi connectivity index (χ0n) is 20.5. The van der Waals surface area contributed by atoms with Gasteiger partial charge in [-0.05, 0) is 48.9 Å². The highest BCUT2D eigenvalue weighted by Gasteiger charge is 2.29. The Morgan fingerprint density at radius 3 is 2.38 bits per heavy atom. The van der Waals surface area contributed by atoms with Crippen molar-refractivity contribution in [3.05, 3.63) is 65.7 Å². The minimum absolute atomic E-state index is 0.00374. The number of thioether (sulfide) groups is 1. The molecule has 0 aromatic heterocycles. The first-order valence-corrected chi connectivity index (χ1v) is 13.6. The number of amides is 2. The number of carbonyl (C=O) groups excluding carboxylic acids is 2. The van der Waals surface area contributed by atoms with Gasteiger partial charge in [-0.15, -0.1) is 11.8 Å². The number of carbonyl (C=O) groups is 2. The summed E-state index contributed by atoms with van der Waals surface area (Å²) in [5.41, 5.74) is 2.32. The van der Waals surface area contributed by atoms with E-state index < -0.39 is 6.04 Å². The van der Waals surface area contributed by atoms with Crippen LogP contribution >= 0.6 is 11.8 Å². The van der Waals surface area contributed by atoms with Crippen LogP contribution in [0.5, 0.6) is 5.75 Å². The van der Waals surface area contributed by atoms with Gasteiger partial charge in [0.25, 0.3) is 0 Å². The molecule has 1 fully saturated rings. The van der Waals surface area contributed by atoms with Crippen LogP contribution in [0.4, 0.5) is 0 Å². The molecule has 2 amide bonds. The molecule has 3 rings (SSSR count).